The summed E-state index contributed by atoms with van der Waals surface area (Å²) in [5.41, 5.74) is 3.62. The number of aromatic nitrogens is 1. The molecule has 0 fully saturated rings. The van der Waals surface area contributed by atoms with E-state index in [1.54, 1.807) is 0 Å². The molecule has 1 unspecified atom stereocenters. The molecule has 2 N–H and O–H groups in total. The molecule has 1 aromatic carbocycles. The average Bonchev–Trinajstić information content (AvgIpc) is 2.59. The maximum atomic E-state index is 9.07. The van der Waals surface area contributed by atoms with Gasteiger partial charge in [-0.1, -0.05) is 13.0 Å². The van der Waals surface area contributed by atoms with E-state index in [1.807, 2.05) is 13.1 Å². The van der Waals surface area contributed by atoms with Crippen LogP contribution in [0.4, 0.5) is 0 Å². The summed E-state index contributed by atoms with van der Waals surface area (Å²) in [6.45, 7) is 4.32. The summed E-state index contributed by atoms with van der Waals surface area (Å²) in [5.74, 6) is 0.216. The van der Waals surface area contributed by atoms with Crippen LogP contribution in [0.25, 0.3) is 10.9 Å². The van der Waals surface area contributed by atoms with Crippen molar-refractivity contribution in [1.29, 1.82) is 0 Å². The lowest BCUT2D eigenvalue weighted by Gasteiger charge is -2.08. The Labute approximate surface area is 83.6 Å². The van der Waals surface area contributed by atoms with E-state index in [-0.39, 0.29) is 12.5 Å². The molecular formula is C12H15NO. The molecule has 0 aliphatic rings. The smallest absolute Gasteiger partial charge is 0.0497 e. The number of aliphatic hydroxyl groups is 1. The number of benzene rings is 1. The van der Waals surface area contributed by atoms with Gasteiger partial charge < -0.3 is 10.1 Å². The van der Waals surface area contributed by atoms with Gasteiger partial charge in [-0.15, -0.1) is 0 Å². The fourth-order valence-corrected chi connectivity index (χ4v) is 1.69. The molecule has 0 amide bonds. The number of fused-ring (bicyclic) bond motifs is 1. The van der Waals surface area contributed by atoms with E-state index in [9.17, 15) is 0 Å². The Balaban J connectivity index is 2.54. The van der Waals surface area contributed by atoms with E-state index in [0.717, 1.165) is 5.52 Å². The minimum absolute atomic E-state index is 0.203. The van der Waals surface area contributed by atoms with E-state index >= 15 is 0 Å². The minimum atomic E-state index is 0.203. The first kappa shape index (κ1) is 9.28. The lowest BCUT2D eigenvalue weighted by Crippen LogP contribution is -1.98. The Bertz CT molecular complexity index is 445. The Morgan fingerprint density at radius 3 is 2.93 bits per heavy atom. The van der Waals surface area contributed by atoms with Crippen molar-refractivity contribution in [3.63, 3.8) is 0 Å². The molecule has 2 rings (SSSR count). The van der Waals surface area contributed by atoms with Crippen molar-refractivity contribution < 1.29 is 5.11 Å². The Morgan fingerprint density at radius 2 is 2.21 bits per heavy atom. The average molecular weight is 189 g/mol. The van der Waals surface area contributed by atoms with Crippen molar-refractivity contribution in [2.75, 3.05) is 6.61 Å². The maximum absolute atomic E-state index is 9.07. The van der Waals surface area contributed by atoms with Crippen LogP contribution in [0.1, 0.15) is 24.0 Å². The van der Waals surface area contributed by atoms with Gasteiger partial charge in [-0.3, -0.25) is 0 Å². The number of hydrogen-bond acceptors (Lipinski definition) is 1. The Hall–Kier alpha value is -1.28. The zero-order valence-electron chi connectivity index (χ0n) is 8.54. The van der Waals surface area contributed by atoms with E-state index < -0.39 is 0 Å². The summed E-state index contributed by atoms with van der Waals surface area (Å²) in [6, 6.07) is 6.30. The summed E-state index contributed by atoms with van der Waals surface area (Å²) in [5, 5.41) is 10.3. The second-order valence-electron chi connectivity index (χ2n) is 3.86. The number of aliphatic hydroxyl groups excluding tert-OH is 1. The van der Waals surface area contributed by atoms with Crippen LogP contribution < -0.4 is 0 Å². The molecule has 0 saturated carbocycles. The highest BCUT2D eigenvalue weighted by Gasteiger charge is 2.06. The van der Waals surface area contributed by atoms with Gasteiger partial charge in [0, 0.05) is 29.6 Å². The first-order valence-corrected chi connectivity index (χ1v) is 4.91. The standard InChI is InChI=1S/C12H15NO/c1-8-6-13-12-4-3-10(5-11(8)12)9(2)7-14/h3-6,9,13-14H,7H2,1-2H3. The van der Waals surface area contributed by atoms with Gasteiger partial charge in [0.05, 0.1) is 0 Å². The van der Waals surface area contributed by atoms with Gasteiger partial charge in [-0.25, -0.2) is 0 Å². The summed E-state index contributed by atoms with van der Waals surface area (Å²) in [4.78, 5) is 3.21. The van der Waals surface area contributed by atoms with Crippen molar-refractivity contribution >= 4 is 10.9 Å². The van der Waals surface area contributed by atoms with Crippen LogP contribution in [0.15, 0.2) is 24.4 Å². The maximum Gasteiger partial charge on any atom is 0.0497 e. The largest absolute Gasteiger partial charge is 0.396 e. The molecule has 14 heavy (non-hydrogen) atoms. The molecule has 0 aliphatic carbocycles. The van der Waals surface area contributed by atoms with Crippen molar-refractivity contribution in [3.8, 4) is 0 Å². The Morgan fingerprint density at radius 1 is 1.43 bits per heavy atom. The van der Waals surface area contributed by atoms with Crippen molar-refractivity contribution in [2.45, 2.75) is 19.8 Å². The highest BCUT2D eigenvalue weighted by molar-refractivity contribution is 5.83. The third-order valence-electron chi connectivity index (χ3n) is 2.76. The van der Waals surface area contributed by atoms with Gasteiger partial charge in [0.1, 0.15) is 0 Å². The second-order valence-corrected chi connectivity index (χ2v) is 3.86. The van der Waals surface area contributed by atoms with Gasteiger partial charge in [-0.2, -0.15) is 0 Å². The van der Waals surface area contributed by atoms with Crippen LogP contribution in [-0.2, 0) is 0 Å². The zero-order valence-corrected chi connectivity index (χ0v) is 8.54. The van der Waals surface area contributed by atoms with E-state index in [1.165, 1.54) is 16.5 Å². The lowest BCUT2D eigenvalue weighted by molar-refractivity contribution is 0.273. The van der Waals surface area contributed by atoms with E-state index in [2.05, 4.69) is 30.1 Å². The van der Waals surface area contributed by atoms with Crippen LogP contribution in [0.2, 0.25) is 0 Å². The van der Waals surface area contributed by atoms with Crippen molar-refractivity contribution in [2.24, 2.45) is 0 Å². The van der Waals surface area contributed by atoms with Gasteiger partial charge in [0.2, 0.25) is 0 Å². The van der Waals surface area contributed by atoms with Crippen LogP contribution in [0, 0.1) is 6.92 Å². The predicted molar refractivity (Wildman–Crippen MR) is 58.5 cm³/mol. The normalized spacial score (nSPS) is 13.4. The third-order valence-corrected chi connectivity index (χ3v) is 2.76. The van der Waals surface area contributed by atoms with Crippen LogP contribution in [0.5, 0.6) is 0 Å². The topological polar surface area (TPSA) is 36.0 Å². The molecule has 0 saturated heterocycles. The second kappa shape index (κ2) is 3.46. The molecule has 74 valence electrons. The van der Waals surface area contributed by atoms with Crippen LogP contribution >= 0.6 is 0 Å². The van der Waals surface area contributed by atoms with Crippen LogP contribution in [0.3, 0.4) is 0 Å². The number of nitrogens with one attached hydrogen (secondary N) is 1. The van der Waals surface area contributed by atoms with Gasteiger partial charge >= 0.3 is 0 Å². The van der Waals surface area contributed by atoms with E-state index in [4.69, 9.17) is 5.11 Å². The monoisotopic (exact) mass is 189 g/mol. The quantitative estimate of drug-likeness (QED) is 0.748. The van der Waals surface area contributed by atoms with E-state index in [0.29, 0.717) is 0 Å². The van der Waals surface area contributed by atoms with Crippen molar-refractivity contribution in [3.05, 3.63) is 35.5 Å². The first-order valence-electron chi connectivity index (χ1n) is 4.91. The molecule has 0 aliphatic heterocycles. The molecule has 2 aromatic rings. The van der Waals surface area contributed by atoms with Crippen molar-refractivity contribution in [1.82, 2.24) is 4.98 Å². The summed E-state index contributed by atoms with van der Waals surface area (Å²) < 4.78 is 0. The summed E-state index contributed by atoms with van der Waals surface area (Å²) in [7, 11) is 0. The molecule has 1 aromatic heterocycles. The third kappa shape index (κ3) is 1.42. The number of aromatic amines is 1. The molecule has 1 atom stereocenters. The predicted octanol–water partition coefficient (Wildman–Crippen LogP) is 2.57. The molecule has 0 bridgehead atoms. The molecule has 0 spiro atoms. The lowest BCUT2D eigenvalue weighted by atomic mass is 10.00. The van der Waals surface area contributed by atoms with Crippen LogP contribution in [-0.4, -0.2) is 16.7 Å². The van der Waals surface area contributed by atoms with Gasteiger partial charge in [0.15, 0.2) is 0 Å². The highest BCUT2D eigenvalue weighted by Crippen LogP contribution is 2.23. The zero-order chi connectivity index (χ0) is 10.1. The Kier molecular flexibility index (Phi) is 2.30. The number of aryl methyl sites for hydroxylation is 1. The summed E-state index contributed by atoms with van der Waals surface area (Å²) >= 11 is 0. The molecular weight excluding hydrogens is 174 g/mol. The highest BCUT2D eigenvalue weighted by atomic mass is 16.3. The fraction of sp³-hybridized carbons (Fsp3) is 0.333. The molecule has 2 nitrogen and oxygen atoms in total. The number of H-pyrrole nitrogens is 1. The molecule has 0 radical (unpaired) electrons. The molecule has 1 heterocycles. The fourth-order valence-electron chi connectivity index (χ4n) is 1.69. The number of hydrogen-bond donors (Lipinski definition) is 2. The number of rotatable bonds is 2. The van der Waals surface area contributed by atoms with Gasteiger partial charge in [0.25, 0.3) is 0 Å². The minimum Gasteiger partial charge on any atom is -0.396 e. The summed E-state index contributed by atoms with van der Waals surface area (Å²) in [6.07, 6.45) is 2.01. The SMILES string of the molecule is Cc1c[nH]c2ccc(C(C)CO)cc12. The first-order chi connectivity index (χ1) is 6.72. The molecule has 2 heteroatoms. The van der Waals surface area contributed by atoms with Gasteiger partial charge in [-0.05, 0) is 30.2 Å².